The summed E-state index contributed by atoms with van der Waals surface area (Å²) in [6.07, 6.45) is 1.38. The lowest BCUT2D eigenvalue weighted by Crippen LogP contribution is -2.18. The lowest BCUT2D eigenvalue weighted by molar-refractivity contribution is 0.0397. The van der Waals surface area contributed by atoms with Crippen LogP contribution in [0.15, 0.2) is 47.6 Å². The Kier molecular flexibility index (Phi) is 5.80. The van der Waals surface area contributed by atoms with Gasteiger partial charge in [-0.15, -0.1) is 10.2 Å². The van der Waals surface area contributed by atoms with Crippen LogP contribution in [0.1, 0.15) is 24.4 Å². The second-order valence-corrected chi connectivity index (χ2v) is 8.54. The van der Waals surface area contributed by atoms with Crippen molar-refractivity contribution in [1.29, 1.82) is 0 Å². The van der Waals surface area contributed by atoms with Gasteiger partial charge in [-0.05, 0) is 42.7 Å². The number of nitrogens with zero attached hydrogens (tertiary/aromatic N) is 3. The molecule has 162 valence electrons. The molecule has 0 bridgehead atoms. The summed E-state index contributed by atoms with van der Waals surface area (Å²) < 4.78 is 32.6. The second kappa shape index (κ2) is 8.86. The Hall–Kier alpha value is -2.62. The molecule has 0 spiro atoms. The van der Waals surface area contributed by atoms with Crippen molar-refractivity contribution >= 4 is 11.8 Å². The Morgan fingerprint density at radius 1 is 1.16 bits per heavy atom. The standard InChI is InChI=1S/C22H22FN3O4S/c23-18-4-2-1-3-17(18)21-24-25-22(26(21)15-6-7-15)31-12-16(27)11-28-10-14-5-8-19-20(9-14)30-13-29-19/h1-5,8-9,15-16,27H,6-7,10-13H2. The van der Waals surface area contributed by atoms with E-state index in [1.165, 1.54) is 17.8 Å². The fourth-order valence-electron chi connectivity index (χ4n) is 3.43. The monoisotopic (exact) mass is 443 g/mol. The van der Waals surface area contributed by atoms with Gasteiger partial charge in [0.1, 0.15) is 5.82 Å². The van der Waals surface area contributed by atoms with Gasteiger partial charge in [-0.1, -0.05) is 30.0 Å². The largest absolute Gasteiger partial charge is 0.454 e. The van der Waals surface area contributed by atoms with E-state index in [2.05, 4.69) is 10.2 Å². The number of ether oxygens (including phenoxy) is 3. The summed E-state index contributed by atoms with van der Waals surface area (Å²) in [4.78, 5) is 0. The zero-order valence-corrected chi connectivity index (χ0v) is 17.6. The lowest BCUT2D eigenvalue weighted by atomic mass is 10.2. The number of thioether (sulfide) groups is 1. The maximum absolute atomic E-state index is 14.3. The first kappa shape index (κ1) is 20.3. The number of aromatic nitrogens is 3. The molecule has 1 aliphatic heterocycles. The van der Waals surface area contributed by atoms with Crippen molar-refractivity contribution in [3.05, 3.63) is 53.8 Å². The number of rotatable bonds is 9. The van der Waals surface area contributed by atoms with Crippen molar-refractivity contribution in [3.63, 3.8) is 0 Å². The first-order valence-electron chi connectivity index (χ1n) is 10.2. The number of hydrogen-bond donors (Lipinski definition) is 1. The van der Waals surface area contributed by atoms with Gasteiger partial charge >= 0.3 is 0 Å². The van der Waals surface area contributed by atoms with E-state index < -0.39 is 6.10 Å². The van der Waals surface area contributed by atoms with Crippen molar-refractivity contribution in [2.45, 2.75) is 36.8 Å². The van der Waals surface area contributed by atoms with Gasteiger partial charge in [0.15, 0.2) is 22.5 Å². The van der Waals surface area contributed by atoms with Crippen LogP contribution in [0.2, 0.25) is 0 Å². The third kappa shape index (κ3) is 4.53. The van der Waals surface area contributed by atoms with Gasteiger partial charge in [0.25, 0.3) is 0 Å². The molecule has 1 fully saturated rings. The SMILES string of the molecule is OC(COCc1ccc2c(c1)OCO2)CSc1nnc(-c2ccccc2F)n1C1CC1. The highest BCUT2D eigenvalue weighted by molar-refractivity contribution is 7.99. The minimum Gasteiger partial charge on any atom is -0.454 e. The fraction of sp³-hybridized carbons (Fsp3) is 0.364. The zero-order valence-electron chi connectivity index (χ0n) is 16.7. The molecular formula is C22H22FN3O4S. The molecule has 3 aromatic rings. The predicted octanol–water partition coefficient (Wildman–Crippen LogP) is 3.82. The smallest absolute Gasteiger partial charge is 0.231 e. The van der Waals surface area contributed by atoms with Crippen molar-refractivity contribution in [2.24, 2.45) is 0 Å². The summed E-state index contributed by atoms with van der Waals surface area (Å²) in [5, 5.41) is 19.5. The van der Waals surface area contributed by atoms with E-state index in [4.69, 9.17) is 14.2 Å². The second-order valence-electron chi connectivity index (χ2n) is 7.55. The molecule has 1 aromatic heterocycles. The van der Waals surface area contributed by atoms with Gasteiger partial charge in [0, 0.05) is 11.8 Å². The third-order valence-corrected chi connectivity index (χ3v) is 6.20. The van der Waals surface area contributed by atoms with Crippen LogP contribution in [0.4, 0.5) is 4.39 Å². The Labute approximate surface area is 183 Å². The van der Waals surface area contributed by atoms with Crippen LogP contribution in [-0.4, -0.2) is 45.1 Å². The molecule has 0 amide bonds. The number of halogens is 1. The van der Waals surface area contributed by atoms with Crippen molar-refractivity contribution in [3.8, 4) is 22.9 Å². The third-order valence-electron chi connectivity index (χ3n) is 5.11. The van der Waals surface area contributed by atoms with Crippen LogP contribution >= 0.6 is 11.8 Å². The predicted molar refractivity (Wildman–Crippen MR) is 113 cm³/mol. The molecule has 2 heterocycles. The summed E-state index contributed by atoms with van der Waals surface area (Å²) in [5.41, 5.74) is 1.40. The topological polar surface area (TPSA) is 78.6 Å². The van der Waals surface area contributed by atoms with Gasteiger partial charge < -0.3 is 19.3 Å². The summed E-state index contributed by atoms with van der Waals surface area (Å²) in [5.74, 6) is 2.07. The van der Waals surface area contributed by atoms with Crippen LogP contribution in [0, 0.1) is 5.82 Å². The molecule has 31 heavy (non-hydrogen) atoms. The zero-order chi connectivity index (χ0) is 21.2. The molecule has 1 N–H and O–H groups in total. The normalized spacial score (nSPS) is 15.9. The Morgan fingerprint density at radius 2 is 2.00 bits per heavy atom. The highest BCUT2D eigenvalue weighted by Gasteiger charge is 2.31. The molecule has 7 nitrogen and oxygen atoms in total. The lowest BCUT2D eigenvalue weighted by Gasteiger charge is -2.12. The van der Waals surface area contributed by atoms with Gasteiger partial charge in [-0.3, -0.25) is 4.57 Å². The van der Waals surface area contributed by atoms with E-state index in [9.17, 15) is 9.50 Å². The van der Waals surface area contributed by atoms with Crippen LogP contribution in [0.5, 0.6) is 11.5 Å². The van der Waals surface area contributed by atoms with Gasteiger partial charge in [-0.2, -0.15) is 0 Å². The first-order valence-corrected chi connectivity index (χ1v) is 11.1. The van der Waals surface area contributed by atoms with Gasteiger partial charge in [0.05, 0.1) is 24.9 Å². The molecule has 9 heteroatoms. The molecular weight excluding hydrogens is 421 g/mol. The Bertz CT molecular complexity index is 1070. The van der Waals surface area contributed by atoms with Crippen LogP contribution in [0.3, 0.4) is 0 Å². The molecule has 0 saturated heterocycles. The molecule has 1 aliphatic carbocycles. The molecule has 1 saturated carbocycles. The first-order chi connectivity index (χ1) is 15.2. The van der Waals surface area contributed by atoms with Crippen molar-refractivity contribution < 1.29 is 23.7 Å². The molecule has 2 aromatic carbocycles. The highest BCUT2D eigenvalue weighted by Crippen LogP contribution is 2.41. The minimum absolute atomic E-state index is 0.194. The number of fused-ring (bicyclic) bond motifs is 1. The summed E-state index contributed by atoms with van der Waals surface area (Å²) >= 11 is 1.41. The van der Waals surface area contributed by atoms with E-state index in [-0.39, 0.29) is 25.3 Å². The van der Waals surface area contributed by atoms with Crippen LogP contribution in [0.25, 0.3) is 11.4 Å². The molecule has 0 radical (unpaired) electrons. The highest BCUT2D eigenvalue weighted by atomic mass is 32.2. The number of aliphatic hydroxyl groups excluding tert-OH is 1. The fourth-order valence-corrected chi connectivity index (χ4v) is 4.34. The number of hydrogen-bond acceptors (Lipinski definition) is 7. The molecule has 5 rings (SSSR count). The van der Waals surface area contributed by atoms with Gasteiger partial charge in [-0.25, -0.2) is 4.39 Å². The van der Waals surface area contributed by atoms with E-state index in [0.29, 0.717) is 34.7 Å². The maximum atomic E-state index is 14.3. The Balaban J connectivity index is 1.17. The number of aliphatic hydroxyl groups is 1. The Morgan fingerprint density at radius 3 is 2.84 bits per heavy atom. The average molecular weight is 444 g/mol. The number of benzene rings is 2. The van der Waals surface area contributed by atoms with Gasteiger partial charge in [0.2, 0.25) is 6.79 Å². The molecule has 1 unspecified atom stereocenters. The van der Waals surface area contributed by atoms with E-state index in [1.54, 1.807) is 18.2 Å². The van der Waals surface area contributed by atoms with Crippen LogP contribution in [-0.2, 0) is 11.3 Å². The van der Waals surface area contributed by atoms with E-state index in [0.717, 1.165) is 24.2 Å². The summed E-state index contributed by atoms with van der Waals surface area (Å²) in [6.45, 7) is 0.799. The summed E-state index contributed by atoms with van der Waals surface area (Å²) in [6, 6.07) is 12.5. The van der Waals surface area contributed by atoms with Crippen LogP contribution < -0.4 is 9.47 Å². The molecule has 2 aliphatic rings. The average Bonchev–Trinajstić information content (AvgIpc) is 3.35. The maximum Gasteiger partial charge on any atom is 0.231 e. The van der Waals surface area contributed by atoms with E-state index >= 15 is 0 Å². The molecule has 1 atom stereocenters. The quantitative estimate of drug-likeness (QED) is 0.504. The van der Waals surface area contributed by atoms with Crippen molar-refractivity contribution in [2.75, 3.05) is 19.2 Å². The minimum atomic E-state index is -0.666. The summed E-state index contributed by atoms with van der Waals surface area (Å²) in [7, 11) is 0. The van der Waals surface area contributed by atoms with E-state index in [1.807, 2.05) is 22.8 Å². The van der Waals surface area contributed by atoms with Crippen molar-refractivity contribution in [1.82, 2.24) is 14.8 Å².